The molecule has 96 valence electrons. The molecule has 1 aromatic rings. The summed E-state index contributed by atoms with van der Waals surface area (Å²) in [6.07, 6.45) is -1.01. The molecule has 0 fully saturated rings. The van der Waals surface area contributed by atoms with Crippen molar-refractivity contribution in [1.29, 1.82) is 10.5 Å². The summed E-state index contributed by atoms with van der Waals surface area (Å²) >= 11 is 11.7. The summed E-state index contributed by atoms with van der Waals surface area (Å²) < 4.78 is 10.7. The van der Waals surface area contributed by atoms with Gasteiger partial charge < -0.3 is 9.47 Å². The van der Waals surface area contributed by atoms with Crippen LogP contribution in [0.2, 0.25) is 10.0 Å². The SMILES string of the molecule is N#CC(C#N)C(=O)C1COc2cc(Cl)c(Cl)cc2O1. The van der Waals surface area contributed by atoms with Crippen molar-refractivity contribution < 1.29 is 14.3 Å². The first kappa shape index (κ1) is 13.5. The zero-order valence-electron chi connectivity index (χ0n) is 9.39. The normalized spacial score (nSPS) is 16.6. The first-order valence-corrected chi connectivity index (χ1v) is 5.94. The average molecular weight is 297 g/mol. The van der Waals surface area contributed by atoms with Crippen LogP contribution in [0.25, 0.3) is 0 Å². The molecule has 0 aliphatic carbocycles. The second kappa shape index (κ2) is 5.36. The van der Waals surface area contributed by atoms with Gasteiger partial charge in [0.2, 0.25) is 5.78 Å². The number of Topliss-reactive ketones (excluding diaryl/α,β-unsaturated/α-hetero) is 1. The van der Waals surface area contributed by atoms with Gasteiger partial charge in [-0.15, -0.1) is 0 Å². The molecule has 1 aliphatic heterocycles. The third kappa shape index (κ3) is 2.58. The lowest BCUT2D eigenvalue weighted by Crippen LogP contribution is -2.39. The van der Waals surface area contributed by atoms with Crippen molar-refractivity contribution in [2.75, 3.05) is 6.61 Å². The van der Waals surface area contributed by atoms with Crippen molar-refractivity contribution in [1.82, 2.24) is 0 Å². The average Bonchev–Trinajstić information content (AvgIpc) is 2.41. The molecule has 2 rings (SSSR count). The van der Waals surface area contributed by atoms with E-state index in [1.807, 2.05) is 0 Å². The van der Waals surface area contributed by atoms with Gasteiger partial charge in [0.15, 0.2) is 23.5 Å². The number of hydrogen-bond acceptors (Lipinski definition) is 5. The number of halogens is 2. The summed E-state index contributed by atoms with van der Waals surface area (Å²) in [6, 6.07) is 6.10. The van der Waals surface area contributed by atoms with Gasteiger partial charge in [-0.2, -0.15) is 10.5 Å². The van der Waals surface area contributed by atoms with Crippen molar-refractivity contribution in [3.05, 3.63) is 22.2 Å². The van der Waals surface area contributed by atoms with E-state index >= 15 is 0 Å². The van der Waals surface area contributed by atoms with Crippen molar-refractivity contribution in [3.8, 4) is 23.6 Å². The Balaban J connectivity index is 2.24. The molecule has 0 saturated heterocycles. The Bertz CT molecular complexity index is 605. The molecule has 0 spiro atoms. The van der Waals surface area contributed by atoms with Gasteiger partial charge in [-0.25, -0.2) is 0 Å². The summed E-state index contributed by atoms with van der Waals surface area (Å²) in [4.78, 5) is 11.8. The number of rotatable bonds is 2. The third-order valence-corrected chi connectivity index (χ3v) is 3.23. The fourth-order valence-corrected chi connectivity index (χ4v) is 1.86. The summed E-state index contributed by atoms with van der Waals surface area (Å²) in [5.41, 5.74) is 0. The fraction of sp³-hybridized carbons (Fsp3) is 0.250. The predicted molar refractivity (Wildman–Crippen MR) is 66.1 cm³/mol. The Kier molecular flexibility index (Phi) is 3.80. The Morgan fingerprint density at radius 3 is 2.42 bits per heavy atom. The fourth-order valence-electron chi connectivity index (χ4n) is 1.55. The highest BCUT2D eigenvalue weighted by Crippen LogP contribution is 2.38. The number of fused-ring (bicyclic) bond motifs is 1. The van der Waals surface area contributed by atoms with Crippen LogP contribution in [0, 0.1) is 28.6 Å². The van der Waals surface area contributed by atoms with Gasteiger partial charge in [-0.1, -0.05) is 23.2 Å². The molecule has 19 heavy (non-hydrogen) atoms. The molecule has 0 saturated carbocycles. The molecule has 5 nitrogen and oxygen atoms in total. The smallest absolute Gasteiger partial charge is 0.208 e. The van der Waals surface area contributed by atoms with Gasteiger partial charge in [0.1, 0.15) is 6.61 Å². The highest BCUT2D eigenvalue weighted by atomic mass is 35.5. The molecule has 1 atom stereocenters. The van der Waals surface area contributed by atoms with E-state index in [4.69, 9.17) is 43.2 Å². The molecular weight excluding hydrogens is 291 g/mol. The molecule has 1 unspecified atom stereocenters. The number of carbonyl (C=O) groups is 1. The number of carbonyl (C=O) groups excluding carboxylic acids is 1. The first-order valence-electron chi connectivity index (χ1n) is 5.18. The maximum absolute atomic E-state index is 11.8. The van der Waals surface area contributed by atoms with Gasteiger partial charge in [0.05, 0.1) is 22.2 Å². The Morgan fingerprint density at radius 1 is 1.26 bits per heavy atom. The molecule has 0 radical (unpaired) electrons. The van der Waals surface area contributed by atoms with Crippen molar-refractivity contribution >= 4 is 29.0 Å². The highest BCUT2D eigenvalue weighted by Gasteiger charge is 2.33. The van der Waals surface area contributed by atoms with Crippen molar-refractivity contribution in [3.63, 3.8) is 0 Å². The summed E-state index contributed by atoms with van der Waals surface area (Å²) in [7, 11) is 0. The van der Waals surface area contributed by atoms with E-state index in [0.29, 0.717) is 10.8 Å². The zero-order chi connectivity index (χ0) is 14.0. The Hall–Kier alpha value is -1.95. The number of hydrogen-bond donors (Lipinski definition) is 0. The second-order valence-corrected chi connectivity index (χ2v) is 4.54. The van der Waals surface area contributed by atoms with E-state index in [0.717, 1.165) is 0 Å². The minimum atomic E-state index is -1.38. The van der Waals surface area contributed by atoms with Crippen LogP contribution in [0.15, 0.2) is 12.1 Å². The van der Waals surface area contributed by atoms with Crippen LogP contribution in [-0.2, 0) is 4.79 Å². The van der Waals surface area contributed by atoms with E-state index < -0.39 is 17.8 Å². The molecule has 0 N–H and O–H groups in total. The largest absolute Gasteiger partial charge is 0.485 e. The third-order valence-electron chi connectivity index (χ3n) is 2.51. The van der Waals surface area contributed by atoms with Gasteiger partial charge in [0.25, 0.3) is 0 Å². The van der Waals surface area contributed by atoms with Crippen LogP contribution in [0.4, 0.5) is 0 Å². The standard InChI is InChI=1S/C12H6Cl2N2O3/c13-7-1-9-10(2-8(7)14)19-11(5-18-9)12(17)6(3-15)4-16/h1-2,6,11H,5H2. The van der Waals surface area contributed by atoms with Crippen LogP contribution in [0.3, 0.4) is 0 Å². The quantitative estimate of drug-likeness (QED) is 0.836. The number of ether oxygens (including phenoxy) is 2. The lowest BCUT2D eigenvalue weighted by molar-refractivity contribution is -0.129. The molecule has 0 amide bonds. The molecule has 1 aliphatic rings. The highest BCUT2D eigenvalue weighted by molar-refractivity contribution is 6.42. The van der Waals surface area contributed by atoms with E-state index in [-0.39, 0.29) is 17.4 Å². The first-order chi connectivity index (χ1) is 9.06. The second-order valence-electron chi connectivity index (χ2n) is 3.72. The lowest BCUT2D eigenvalue weighted by Gasteiger charge is -2.26. The van der Waals surface area contributed by atoms with Crippen LogP contribution in [0.1, 0.15) is 0 Å². The minimum Gasteiger partial charge on any atom is -0.485 e. The van der Waals surface area contributed by atoms with Crippen molar-refractivity contribution in [2.24, 2.45) is 5.92 Å². The number of benzene rings is 1. The van der Waals surface area contributed by atoms with Crippen molar-refractivity contribution in [2.45, 2.75) is 6.10 Å². The lowest BCUT2D eigenvalue weighted by atomic mass is 10.0. The summed E-state index contributed by atoms with van der Waals surface area (Å²) in [5, 5.41) is 17.9. The maximum atomic E-state index is 11.8. The molecule has 0 bridgehead atoms. The van der Waals surface area contributed by atoms with Crippen LogP contribution < -0.4 is 9.47 Å². The van der Waals surface area contributed by atoms with E-state index in [1.54, 1.807) is 12.1 Å². The minimum absolute atomic E-state index is 0.0797. The van der Waals surface area contributed by atoms with Crippen LogP contribution >= 0.6 is 23.2 Å². The van der Waals surface area contributed by atoms with E-state index in [2.05, 4.69) is 0 Å². The monoisotopic (exact) mass is 296 g/mol. The maximum Gasteiger partial charge on any atom is 0.208 e. The summed E-state index contributed by atoms with van der Waals surface area (Å²) in [6.45, 7) is -0.0797. The van der Waals surface area contributed by atoms with Gasteiger partial charge in [-0.05, 0) is 0 Å². The predicted octanol–water partition coefficient (Wildman–Crippen LogP) is 2.37. The van der Waals surface area contributed by atoms with Crippen LogP contribution in [-0.4, -0.2) is 18.5 Å². The summed E-state index contributed by atoms with van der Waals surface area (Å²) in [5.74, 6) is -1.39. The van der Waals surface area contributed by atoms with E-state index in [9.17, 15) is 4.79 Å². The van der Waals surface area contributed by atoms with E-state index in [1.165, 1.54) is 12.1 Å². The molecule has 7 heteroatoms. The number of nitrogens with zero attached hydrogens (tertiary/aromatic N) is 2. The molecule has 1 aromatic carbocycles. The van der Waals surface area contributed by atoms with Gasteiger partial charge in [0, 0.05) is 12.1 Å². The zero-order valence-corrected chi connectivity index (χ0v) is 10.9. The van der Waals surface area contributed by atoms with Crippen LogP contribution in [0.5, 0.6) is 11.5 Å². The Labute approximate surface area is 118 Å². The number of ketones is 1. The molecule has 0 aromatic heterocycles. The number of nitriles is 2. The molecule has 1 heterocycles. The van der Waals surface area contributed by atoms with Gasteiger partial charge >= 0.3 is 0 Å². The Morgan fingerprint density at radius 2 is 1.84 bits per heavy atom. The molecular formula is C12H6Cl2N2O3. The van der Waals surface area contributed by atoms with Gasteiger partial charge in [-0.3, -0.25) is 4.79 Å². The topological polar surface area (TPSA) is 83.1 Å².